The van der Waals surface area contributed by atoms with Gasteiger partial charge in [0.25, 0.3) is 0 Å². The highest BCUT2D eigenvalue weighted by atomic mass is 16.5. The molecule has 0 aliphatic heterocycles. The third-order valence-electron chi connectivity index (χ3n) is 3.08. The Hall–Kier alpha value is -2.83. The second kappa shape index (κ2) is 6.75. The number of aryl methyl sites for hydroxylation is 2. The molecule has 1 aromatic heterocycles. The number of hydrogen-bond donors (Lipinski definition) is 2. The van der Waals surface area contributed by atoms with E-state index in [0.29, 0.717) is 11.3 Å². The molecule has 2 rings (SSSR count). The summed E-state index contributed by atoms with van der Waals surface area (Å²) in [6.45, 7) is 1.76. The van der Waals surface area contributed by atoms with Crippen LogP contribution in [0.3, 0.4) is 0 Å². The third-order valence-corrected chi connectivity index (χ3v) is 3.08. The second-order valence-electron chi connectivity index (χ2n) is 4.82. The summed E-state index contributed by atoms with van der Waals surface area (Å²) in [7, 11) is 1.68. The van der Waals surface area contributed by atoms with Crippen molar-refractivity contribution < 1.29 is 19.4 Å². The number of nitrogens with zero attached hydrogens (tertiary/aromatic N) is 2. The summed E-state index contributed by atoms with van der Waals surface area (Å²) < 4.78 is 6.53. The van der Waals surface area contributed by atoms with Crippen LogP contribution < -0.4 is 5.32 Å². The zero-order valence-corrected chi connectivity index (χ0v) is 12.3. The minimum absolute atomic E-state index is 0.0744. The quantitative estimate of drug-likeness (QED) is 0.878. The molecule has 7 nitrogen and oxygen atoms in total. The van der Waals surface area contributed by atoms with Crippen LogP contribution in [0.2, 0.25) is 0 Å². The standard InChI is InChI=1S/C15H17N3O4/c1-10-12(8-18(2)17-10)13(14(19)20)16-15(21)22-9-11-6-4-3-5-7-11/h3-8,13H,9H2,1-2H3,(H,16,21)(H,19,20). The van der Waals surface area contributed by atoms with Crippen LogP contribution in [0.25, 0.3) is 0 Å². The molecule has 0 saturated carbocycles. The van der Waals surface area contributed by atoms with Gasteiger partial charge < -0.3 is 15.2 Å². The van der Waals surface area contributed by atoms with E-state index >= 15 is 0 Å². The van der Waals surface area contributed by atoms with Crippen molar-refractivity contribution in [3.8, 4) is 0 Å². The summed E-state index contributed by atoms with van der Waals surface area (Å²) >= 11 is 0. The number of hydrogen-bond acceptors (Lipinski definition) is 4. The van der Waals surface area contributed by atoms with E-state index in [9.17, 15) is 14.7 Å². The van der Waals surface area contributed by atoms with Gasteiger partial charge in [-0.2, -0.15) is 5.10 Å². The first-order valence-electron chi connectivity index (χ1n) is 6.67. The minimum Gasteiger partial charge on any atom is -0.479 e. The van der Waals surface area contributed by atoms with Crippen molar-refractivity contribution in [1.82, 2.24) is 15.1 Å². The molecule has 1 unspecified atom stereocenters. The van der Waals surface area contributed by atoms with E-state index in [1.54, 1.807) is 20.2 Å². The van der Waals surface area contributed by atoms with E-state index in [0.717, 1.165) is 5.56 Å². The molecule has 22 heavy (non-hydrogen) atoms. The van der Waals surface area contributed by atoms with Gasteiger partial charge in [-0.3, -0.25) is 4.68 Å². The van der Waals surface area contributed by atoms with Crippen molar-refractivity contribution in [2.45, 2.75) is 19.6 Å². The molecule has 0 saturated heterocycles. The van der Waals surface area contributed by atoms with Gasteiger partial charge in [-0.15, -0.1) is 0 Å². The van der Waals surface area contributed by atoms with Crippen LogP contribution in [-0.4, -0.2) is 26.9 Å². The molecule has 0 radical (unpaired) electrons. The van der Waals surface area contributed by atoms with Crippen molar-refractivity contribution in [1.29, 1.82) is 0 Å². The average Bonchev–Trinajstić information content (AvgIpc) is 2.82. The fourth-order valence-corrected chi connectivity index (χ4v) is 2.06. The maximum Gasteiger partial charge on any atom is 0.408 e. The summed E-state index contributed by atoms with van der Waals surface area (Å²) in [5.74, 6) is -1.17. The molecule has 1 aromatic carbocycles. The lowest BCUT2D eigenvalue weighted by molar-refractivity contribution is -0.139. The number of alkyl carbamates (subject to hydrolysis) is 1. The monoisotopic (exact) mass is 303 g/mol. The number of aromatic nitrogens is 2. The fraction of sp³-hybridized carbons (Fsp3) is 0.267. The predicted molar refractivity (Wildman–Crippen MR) is 78.1 cm³/mol. The molecule has 1 atom stereocenters. The van der Waals surface area contributed by atoms with Gasteiger partial charge in [0.15, 0.2) is 6.04 Å². The largest absolute Gasteiger partial charge is 0.479 e. The fourth-order valence-electron chi connectivity index (χ4n) is 2.06. The first-order valence-corrected chi connectivity index (χ1v) is 6.67. The molecule has 116 valence electrons. The van der Waals surface area contributed by atoms with E-state index in [-0.39, 0.29) is 6.61 Å². The number of amides is 1. The number of aliphatic carboxylic acids is 1. The van der Waals surface area contributed by atoms with Crippen molar-refractivity contribution in [2.24, 2.45) is 7.05 Å². The maximum atomic E-state index is 11.8. The van der Waals surface area contributed by atoms with Crippen molar-refractivity contribution in [3.63, 3.8) is 0 Å². The van der Waals surface area contributed by atoms with Gasteiger partial charge in [0.1, 0.15) is 6.61 Å². The maximum absolute atomic E-state index is 11.8. The summed E-state index contributed by atoms with van der Waals surface area (Å²) in [5.41, 5.74) is 1.78. The predicted octanol–water partition coefficient (Wildman–Crippen LogP) is 1.78. The zero-order chi connectivity index (χ0) is 16.1. The number of nitrogens with one attached hydrogen (secondary N) is 1. The highest BCUT2D eigenvalue weighted by molar-refractivity contribution is 5.81. The van der Waals surface area contributed by atoms with Gasteiger partial charge in [-0.1, -0.05) is 30.3 Å². The molecule has 2 N–H and O–H groups in total. The Labute approximate surface area is 127 Å². The van der Waals surface area contributed by atoms with Gasteiger partial charge in [0.2, 0.25) is 0 Å². The van der Waals surface area contributed by atoms with Gasteiger partial charge in [-0.05, 0) is 12.5 Å². The molecule has 1 amide bonds. The topological polar surface area (TPSA) is 93.5 Å². The number of carboxylic acids is 1. The molecule has 0 fully saturated rings. The van der Waals surface area contributed by atoms with Crippen LogP contribution in [0.15, 0.2) is 36.5 Å². The smallest absolute Gasteiger partial charge is 0.408 e. The van der Waals surface area contributed by atoms with Gasteiger partial charge in [0.05, 0.1) is 5.69 Å². The lowest BCUT2D eigenvalue weighted by Gasteiger charge is -2.14. The Kier molecular flexibility index (Phi) is 4.77. The van der Waals surface area contributed by atoms with E-state index in [2.05, 4.69) is 10.4 Å². The second-order valence-corrected chi connectivity index (χ2v) is 4.82. The van der Waals surface area contributed by atoms with Crippen molar-refractivity contribution in [3.05, 3.63) is 53.3 Å². The van der Waals surface area contributed by atoms with Gasteiger partial charge in [0, 0.05) is 18.8 Å². The molecule has 1 heterocycles. The normalized spacial score (nSPS) is 11.7. The Morgan fingerprint density at radius 2 is 2.05 bits per heavy atom. The lowest BCUT2D eigenvalue weighted by Crippen LogP contribution is -2.34. The summed E-state index contributed by atoms with van der Waals surface area (Å²) in [6, 6.07) is 7.94. The van der Waals surface area contributed by atoms with E-state index in [1.165, 1.54) is 4.68 Å². The lowest BCUT2D eigenvalue weighted by atomic mass is 10.1. The van der Waals surface area contributed by atoms with E-state index < -0.39 is 18.1 Å². The van der Waals surface area contributed by atoms with Crippen molar-refractivity contribution in [2.75, 3.05) is 0 Å². The Morgan fingerprint density at radius 1 is 1.36 bits per heavy atom. The number of carbonyl (C=O) groups is 2. The van der Waals surface area contributed by atoms with E-state index in [1.807, 2.05) is 30.3 Å². The number of carboxylic acid groups (broad SMARTS) is 1. The van der Waals surface area contributed by atoms with Crippen LogP contribution >= 0.6 is 0 Å². The van der Waals surface area contributed by atoms with Crippen LogP contribution in [0, 0.1) is 6.92 Å². The molecule has 0 aliphatic rings. The average molecular weight is 303 g/mol. The molecular weight excluding hydrogens is 286 g/mol. The zero-order valence-electron chi connectivity index (χ0n) is 12.3. The highest BCUT2D eigenvalue weighted by Crippen LogP contribution is 2.17. The Bertz CT molecular complexity index is 667. The molecule has 0 aliphatic carbocycles. The van der Waals surface area contributed by atoms with Crippen LogP contribution in [0.1, 0.15) is 22.9 Å². The summed E-state index contributed by atoms with van der Waals surface area (Å²) in [5, 5.41) is 15.7. The molecule has 7 heteroatoms. The summed E-state index contributed by atoms with van der Waals surface area (Å²) in [4.78, 5) is 23.2. The van der Waals surface area contributed by atoms with Crippen molar-refractivity contribution >= 4 is 12.1 Å². The Morgan fingerprint density at radius 3 is 2.59 bits per heavy atom. The highest BCUT2D eigenvalue weighted by Gasteiger charge is 2.26. The number of carbonyl (C=O) groups excluding carboxylic acids is 1. The van der Waals surface area contributed by atoms with Crippen LogP contribution in [-0.2, 0) is 23.2 Å². The SMILES string of the molecule is Cc1nn(C)cc1C(NC(=O)OCc1ccccc1)C(=O)O. The number of rotatable bonds is 5. The van der Waals surface area contributed by atoms with Crippen LogP contribution in [0.5, 0.6) is 0 Å². The minimum atomic E-state index is -1.20. The third kappa shape index (κ3) is 3.85. The van der Waals surface area contributed by atoms with Gasteiger partial charge in [-0.25, -0.2) is 9.59 Å². The first-order chi connectivity index (χ1) is 10.5. The first kappa shape index (κ1) is 15.6. The van der Waals surface area contributed by atoms with Gasteiger partial charge >= 0.3 is 12.1 Å². The Balaban J connectivity index is 2.01. The molecule has 0 bridgehead atoms. The van der Waals surface area contributed by atoms with E-state index in [4.69, 9.17) is 4.74 Å². The molecule has 2 aromatic rings. The van der Waals surface area contributed by atoms with Crippen LogP contribution in [0.4, 0.5) is 4.79 Å². The molecule has 0 spiro atoms. The molecular formula is C15H17N3O4. The number of ether oxygens (including phenoxy) is 1. The summed E-state index contributed by atoms with van der Waals surface area (Å²) in [6.07, 6.45) is 0.769. The number of benzene rings is 1.